The molecular weight excluding hydrogens is 748 g/mol. The average molecular weight is 813 g/mol. The number of carbonyl (C=O) groups excluding carboxylic acids is 1. The van der Waals surface area contributed by atoms with Crippen LogP contribution in [0.4, 0.5) is 0 Å². The SMILES string of the molecule is Cc1cc(CNC(CO)CO)c(O)c(CN2CCN(Cc3cc(C)cc(CNC(CO)CO)c3O)CCN(Cc3cc(C)cc(C(=O)NC(CO)CO)c3O)CC2)c1. The Kier molecular flexibility index (Phi) is 18.6. The summed E-state index contributed by atoms with van der Waals surface area (Å²) in [6, 6.07) is 9.14. The van der Waals surface area contributed by atoms with E-state index in [-0.39, 0.29) is 62.3 Å². The Bertz CT molecular complexity index is 1680. The summed E-state index contributed by atoms with van der Waals surface area (Å²) in [5.74, 6) is -0.519. The number of carbonyl (C=O) groups is 1. The van der Waals surface area contributed by atoms with E-state index in [0.29, 0.717) is 75.6 Å². The van der Waals surface area contributed by atoms with Gasteiger partial charge in [-0.25, -0.2) is 0 Å². The number of phenols is 3. The van der Waals surface area contributed by atoms with E-state index >= 15 is 0 Å². The van der Waals surface area contributed by atoms with Gasteiger partial charge in [0.15, 0.2) is 0 Å². The first-order valence-corrected chi connectivity index (χ1v) is 19.9. The summed E-state index contributed by atoms with van der Waals surface area (Å²) in [5.41, 5.74) is 6.00. The molecule has 1 saturated heterocycles. The predicted molar refractivity (Wildman–Crippen MR) is 219 cm³/mol. The Balaban J connectivity index is 1.64. The zero-order valence-electron chi connectivity index (χ0n) is 34.0. The summed E-state index contributed by atoms with van der Waals surface area (Å²) in [6.07, 6.45) is 0. The molecule has 3 aromatic rings. The molecule has 0 bridgehead atoms. The van der Waals surface area contributed by atoms with Crippen molar-refractivity contribution in [3.63, 3.8) is 0 Å². The van der Waals surface area contributed by atoms with Crippen LogP contribution in [-0.4, -0.2) is 164 Å². The molecule has 4 rings (SSSR count). The Morgan fingerprint density at radius 2 is 0.810 bits per heavy atom. The second-order valence-corrected chi connectivity index (χ2v) is 15.4. The number of rotatable bonds is 20. The third kappa shape index (κ3) is 13.3. The van der Waals surface area contributed by atoms with Crippen molar-refractivity contribution in [1.29, 1.82) is 0 Å². The molecule has 0 spiro atoms. The van der Waals surface area contributed by atoms with Crippen LogP contribution in [0, 0.1) is 20.8 Å². The molecule has 0 saturated carbocycles. The number of aliphatic hydroxyl groups excluding tert-OH is 6. The normalized spacial score (nSPS) is 15.0. The van der Waals surface area contributed by atoms with Crippen LogP contribution in [0.1, 0.15) is 54.9 Å². The van der Waals surface area contributed by atoms with Gasteiger partial charge in [-0.1, -0.05) is 41.5 Å². The highest BCUT2D eigenvalue weighted by molar-refractivity contribution is 5.97. The topological polar surface area (TPSA) is 245 Å². The third-order valence-corrected chi connectivity index (χ3v) is 10.6. The van der Waals surface area contributed by atoms with Crippen LogP contribution >= 0.6 is 0 Å². The van der Waals surface area contributed by atoms with Crippen LogP contribution in [0.5, 0.6) is 17.2 Å². The van der Waals surface area contributed by atoms with E-state index < -0.39 is 37.2 Å². The first-order valence-electron chi connectivity index (χ1n) is 19.9. The standard InChI is InChI=1S/C42H64N6O10/c1-27-10-30(16-43-35(21-49)22-50)39(55)32(12-27)18-46-4-5-47(19-33-13-28(2)11-31(40(33)56)17-44-36(23-51)24-52)7-9-48(8-6-46)20-34-14-29(3)15-38(41(34)57)42(58)45-37(25-53)26-54/h10-15,35-37,43-44,49-57H,4-9,16-26H2,1-3H3,(H,45,58). The van der Waals surface area contributed by atoms with E-state index in [0.717, 1.165) is 27.8 Å². The number of amides is 1. The zero-order valence-corrected chi connectivity index (χ0v) is 34.0. The molecule has 16 nitrogen and oxygen atoms in total. The second kappa shape index (κ2) is 23.0. The summed E-state index contributed by atoms with van der Waals surface area (Å²) in [4.78, 5) is 19.8. The van der Waals surface area contributed by atoms with Crippen molar-refractivity contribution in [1.82, 2.24) is 30.7 Å². The van der Waals surface area contributed by atoms with Gasteiger partial charge in [0, 0.05) is 99.8 Å². The van der Waals surface area contributed by atoms with Crippen molar-refractivity contribution >= 4 is 5.91 Å². The molecule has 3 aromatic carbocycles. The molecule has 0 unspecified atom stereocenters. The number of aromatic hydroxyl groups is 3. The quantitative estimate of drug-likeness (QED) is 0.0690. The fraction of sp³-hybridized carbons (Fsp3) is 0.548. The summed E-state index contributed by atoms with van der Waals surface area (Å²) in [5, 5.41) is 100. The van der Waals surface area contributed by atoms with Gasteiger partial charge in [0.25, 0.3) is 5.91 Å². The second-order valence-electron chi connectivity index (χ2n) is 15.4. The smallest absolute Gasteiger partial charge is 0.255 e. The summed E-state index contributed by atoms with van der Waals surface area (Å²) in [6.45, 7) is 9.11. The lowest BCUT2D eigenvalue weighted by molar-refractivity contribution is 0.0876. The molecule has 0 radical (unpaired) electrons. The fourth-order valence-electron chi connectivity index (χ4n) is 7.20. The molecule has 1 amide bonds. The maximum absolute atomic E-state index is 13.1. The van der Waals surface area contributed by atoms with Gasteiger partial charge in [0.2, 0.25) is 0 Å². The van der Waals surface area contributed by atoms with Crippen LogP contribution in [0.3, 0.4) is 0 Å². The summed E-state index contributed by atoms with van der Waals surface area (Å²) >= 11 is 0. The predicted octanol–water partition coefficient (Wildman–Crippen LogP) is -0.483. The molecule has 1 aliphatic rings. The van der Waals surface area contributed by atoms with Gasteiger partial charge < -0.3 is 61.9 Å². The minimum Gasteiger partial charge on any atom is -0.507 e. The first kappa shape index (κ1) is 46.8. The molecule has 322 valence electrons. The molecule has 0 aliphatic carbocycles. The average Bonchev–Trinajstić information content (AvgIpc) is 3.29. The van der Waals surface area contributed by atoms with E-state index in [2.05, 4.69) is 30.7 Å². The number of benzene rings is 3. The van der Waals surface area contributed by atoms with Crippen molar-refractivity contribution in [3.05, 3.63) is 86.5 Å². The van der Waals surface area contributed by atoms with Gasteiger partial charge in [0.05, 0.1) is 63.3 Å². The van der Waals surface area contributed by atoms with Crippen molar-refractivity contribution in [3.8, 4) is 17.2 Å². The highest BCUT2D eigenvalue weighted by Gasteiger charge is 2.24. The first-order chi connectivity index (χ1) is 27.8. The van der Waals surface area contributed by atoms with Gasteiger partial charge >= 0.3 is 0 Å². The number of phenolic OH excluding ortho intramolecular Hbond substituents is 3. The fourth-order valence-corrected chi connectivity index (χ4v) is 7.20. The van der Waals surface area contributed by atoms with Gasteiger partial charge in [-0.3, -0.25) is 19.5 Å². The highest BCUT2D eigenvalue weighted by Crippen LogP contribution is 2.30. The molecule has 0 aromatic heterocycles. The largest absolute Gasteiger partial charge is 0.507 e. The molecule has 1 fully saturated rings. The minimum absolute atomic E-state index is 0.0449. The number of hydrogen-bond acceptors (Lipinski definition) is 15. The Morgan fingerprint density at radius 3 is 1.16 bits per heavy atom. The maximum atomic E-state index is 13.1. The third-order valence-electron chi connectivity index (χ3n) is 10.6. The van der Waals surface area contributed by atoms with E-state index in [9.17, 15) is 50.8 Å². The number of nitrogens with zero attached hydrogens (tertiary/aromatic N) is 3. The Hall–Kier alpha value is -3.91. The Labute approximate surface area is 341 Å². The lowest BCUT2D eigenvalue weighted by atomic mass is 10.0. The lowest BCUT2D eigenvalue weighted by Crippen LogP contribution is -2.40. The van der Waals surface area contributed by atoms with Crippen LogP contribution in [0.25, 0.3) is 0 Å². The number of aliphatic hydroxyl groups is 6. The van der Waals surface area contributed by atoms with E-state index in [4.69, 9.17) is 0 Å². The van der Waals surface area contributed by atoms with Crippen molar-refractivity contribution in [2.45, 2.75) is 71.6 Å². The Morgan fingerprint density at radius 1 is 0.500 bits per heavy atom. The lowest BCUT2D eigenvalue weighted by Gasteiger charge is -2.27. The van der Waals surface area contributed by atoms with Crippen molar-refractivity contribution in [2.75, 3.05) is 78.9 Å². The summed E-state index contributed by atoms with van der Waals surface area (Å²) < 4.78 is 0. The number of aryl methyl sites for hydroxylation is 3. The van der Waals surface area contributed by atoms with Crippen LogP contribution in [-0.2, 0) is 32.7 Å². The van der Waals surface area contributed by atoms with E-state index in [1.54, 1.807) is 6.07 Å². The molecule has 12 N–H and O–H groups in total. The molecule has 16 heteroatoms. The molecule has 1 aliphatic heterocycles. The van der Waals surface area contributed by atoms with Crippen LogP contribution < -0.4 is 16.0 Å². The van der Waals surface area contributed by atoms with Gasteiger partial charge in [-0.2, -0.15) is 0 Å². The molecule has 58 heavy (non-hydrogen) atoms. The van der Waals surface area contributed by atoms with Gasteiger partial charge in [-0.15, -0.1) is 0 Å². The van der Waals surface area contributed by atoms with E-state index in [1.165, 1.54) is 0 Å². The molecular formula is C42H64N6O10. The summed E-state index contributed by atoms with van der Waals surface area (Å²) in [7, 11) is 0. The molecule has 0 atom stereocenters. The zero-order chi connectivity index (χ0) is 42.4. The van der Waals surface area contributed by atoms with Crippen molar-refractivity contribution < 1.29 is 50.8 Å². The van der Waals surface area contributed by atoms with Gasteiger partial charge in [-0.05, 0) is 32.4 Å². The van der Waals surface area contributed by atoms with Crippen LogP contribution in [0.2, 0.25) is 0 Å². The molecule has 1 heterocycles. The maximum Gasteiger partial charge on any atom is 0.255 e. The van der Waals surface area contributed by atoms with Crippen molar-refractivity contribution in [2.24, 2.45) is 0 Å². The van der Waals surface area contributed by atoms with Gasteiger partial charge in [0.1, 0.15) is 17.2 Å². The number of nitrogens with one attached hydrogen (secondary N) is 3. The van der Waals surface area contributed by atoms with Crippen LogP contribution in [0.15, 0.2) is 36.4 Å². The number of hydrogen-bond donors (Lipinski definition) is 12. The highest BCUT2D eigenvalue weighted by atomic mass is 16.3. The minimum atomic E-state index is -0.873. The van der Waals surface area contributed by atoms with E-state index in [1.807, 2.05) is 51.1 Å². The monoisotopic (exact) mass is 812 g/mol.